The zero-order valence-corrected chi connectivity index (χ0v) is 13.4. The van der Waals surface area contributed by atoms with Gasteiger partial charge in [-0.05, 0) is 30.8 Å². The van der Waals surface area contributed by atoms with Gasteiger partial charge in [-0.15, -0.1) is 11.3 Å². The van der Waals surface area contributed by atoms with Crippen LogP contribution < -0.4 is 0 Å². The highest BCUT2D eigenvalue weighted by Gasteiger charge is 2.15. The summed E-state index contributed by atoms with van der Waals surface area (Å²) in [5.74, 6) is 0.159. The summed E-state index contributed by atoms with van der Waals surface area (Å²) in [5, 5.41) is 10.3. The molecule has 0 saturated carbocycles. The van der Waals surface area contributed by atoms with Crippen LogP contribution in [0.5, 0.6) is 5.88 Å². The second kappa shape index (κ2) is 6.37. The highest BCUT2D eigenvalue weighted by atomic mass is 32.1. The Balaban J connectivity index is 1.93. The minimum absolute atomic E-state index is 0.159. The lowest BCUT2D eigenvalue weighted by Gasteiger charge is -2.03. The number of aldehydes is 1. The van der Waals surface area contributed by atoms with E-state index in [9.17, 15) is 9.90 Å². The first-order valence-electron chi connectivity index (χ1n) is 6.92. The molecule has 0 aliphatic carbocycles. The smallest absolute Gasteiger partial charge is 0.210 e. The van der Waals surface area contributed by atoms with E-state index in [1.807, 2.05) is 30.3 Å². The number of para-hydroxylation sites is 1. The Morgan fingerprint density at radius 3 is 3.00 bits per heavy atom. The fraction of sp³-hybridized carbons (Fsp3) is 0.188. The molecule has 0 saturated heterocycles. The van der Waals surface area contributed by atoms with Gasteiger partial charge in [0.1, 0.15) is 6.29 Å². The van der Waals surface area contributed by atoms with E-state index in [1.54, 1.807) is 10.8 Å². The Labute approximate surface area is 137 Å². The summed E-state index contributed by atoms with van der Waals surface area (Å²) < 4.78 is 2.28. The van der Waals surface area contributed by atoms with Gasteiger partial charge in [0.25, 0.3) is 0 Å². The molecule has 0 bridgehead atoms. The number of aliphatic imine (C=N–C) groups is 1. The summed E-state index contributed by atoms with van der Waals surface area (Å²) in [6, 6.07) is 7.88. The van der Waals surface area contributed by atoms with E-state index < -0.39 is 0 Å². The number of hydrogen-bond acceptors (Lipinski definition) is 5. The summed E-state index contributed by atoms with van der Waals surface area (Å²) in [6.07, 6.45) is 5.71. The second-order valence-corrected chi connectivity index (χ2v) is 6.57. The van der Waals surface area contributed by atoms with Crippen LogP contribution in [-0.2, 0) is 11.3 Å². The van der Waals surface area contributed by atoms with Gasteiger partial charge >= 0.3 is 0 Å². The number of unbranched alkanes of at least 4 members (excludes halogenated alkanes) is 1. The molecule has 1 aromatic heterocycles. The Morgan fingerprint density at radius 2 is 2.18 bits per heavy atom. The number of rotatable bonds is 5. The summed E-state index contributed by atoms with van der Waals surface area (Å²) in [7, 11) is 0. The van der Waals surface area contributed by atoms with E-state index >= 15 is 0 Å². The van der Waals surface area contributed by atoms with Crippen molar-refractivity contribution in [2.45, 2.75) is 19.4 Å². The fourth-order valence-corrected chi connectivity index (χ4v) is 3.64. The SMILES string of the molecule is O=CCCCn1c(O)c(C=C2C=Nc3ccccc32)sc1=S. The third-order valence-electron chi connectivity index (χ3n) is 3.44. The first kappa shape index (κ1) is 14.9. The number of aromatic nitrogens is 1. The lowest BCUT2D eigenvalue weighted by atomic mass is 10.1. The number of nitrogens with zero attached hydrogens (tertiary/aromatic N) is 2. The van der Waals surface area contributed by atoms with E-state index in [0.29, 0.717) is 28.2 Å². The van der Waals surface area contributed by atoms with Crippen LogP contribution in [0.1, 0.15) is 23.3 Å². The predicted octanol–water partition coefficient (Wildman–Crippen LogP) is 4.22. The third-order valence-corrected chi connectivity index (χ3v) is 4.83. The minimum Gasteiger partial charge on any atom is -0.493 e. The molecule has 3 rings (SSSR count). The molecule has 0 unspecified atom stereocenters. The Bertz CT molecular complexity index is 831. The predicted molar refractivity (Wildman–Crippen MR) is 92.6 cm³/mol. The zero-order chi connectivity index (χ0) is 15.5. The second-order valence-electron chi connectivity index (χ2n) is 4.89. The monoisotopic (exact) mass is 330 g/mol. The highest BCUT2D eigenvalue weighted by molar-refractivity contribution is 7.73. The quantitative estimate of drug-likeness (QED) is 0.507. The molecule has 2 heterocycles. The van der Waals surface area contributed by atoms with Crippen molar-refractivity contribution in [3.63, 3.8) is 0 Å². The first-order chi connectivity index (χ1) is 10.7. The molecule has 1 aliphatic rings. The van der Waals surface area contributed by atoms with E-state index in [4.69, 9.17) is 12.2 Å². The van der Waals surface area contributed by atoms with Gasteiger partial charge in [-0.3, -0.25) is 9.56 Å². The molecule has 0 atom stereocenters. The average Bonchev–Trinajstić information content (AvgIpc) is 3.04. The van der Waals surface area contributed by atoms with Crippen LogP contribution in [0.4, 0.5) is 5.69 Å². The number of allylic oxidation sites excluding steroid dienone is 1. The topological polar surface area (TPSA) is 54.6 Å². The molecule has 0 radical (unpaired) electrons. The maximum Gasteiger partial charge on any atom is 0.210 e. The van der Waals surface area contributed by atoms with Gasteiger partial charge in [-0.25, -0.2) is 0 Å². The molecule has 0 amide bonds. The van der Waals surface area contributed by atoms with Crippen LogP contribution in [0.25, 0.3) is 11.6 Å². The lowest BCUT2D eigenvalue weighted by Crippen LogP contribution is -1.97. The standard InChI is InChI=1S/C16H14N2O2S2/c19-8-4-3-7-18-15(20)14(22-16(18)21)9-11-10-17-13-6-2-1-5-12(11)13/h1-2,5-6,8-10,20H,3-4,7H2. The van der Waals surface area contributed by atoms with Crippen molar-refractivity contribution in [2.24, 2.45) is 4.99 Å². The van der Waals surface area contributed by atoms with Crippen molar-refractivity contribution in [3.8, 4) is 5.88 Å². The van der Waals surface area contributed by atoms with E-state index in [1.165, 1.54) is 11.3 Å². The number of hydrogen-bond donors (Lipinski definition) is 1. The number of carbonyl (C=O) groups is 1. The Morgan fingerprint density at radius 1 is 1.36 bits per heavy atom. The van der Waals surface area contributed by atoms with Crippen molar-refractivity contribution < 1.29 is 9.90 Å². The zero-order valence-electron chi connectivity index (χ0n) is 11.7. The van der Waals surface area contributed by atoms with Crippen LogP contribution in [0.3, 0.4) is 0 Å². The molecule has 0 spiro atoms. The Kier molecular flexibility index (Phi) is 4.31. The summed E-state index contributed by atoms with van der Waals surface area (Å²) in [4.78, 5) is 15.5. The van der Waals surface area contributed by atoms with Crippen LogP contribution in [0.2, 0.25) is 0 Å². The number of thiazole rings is 1. The molecule has 4 nitrogen and oxygen atoms in total. The maximum atomic E-state index is 10.4. The summed E-state index contributed by atoms with van der Waals surface area (Å²) in [5.41, 5.74) is 2.94. The number of carbonyl (C=O) groups excluding carboxylic acids is 1. The lowest BCUT2D eigenvalue weighted by molar-refractivity contribution is -0.107. The third kappa shape index (κ3) is 2.80. The van der Waals surface area contributed by atoms with Gasteiger partial charge in [-0.1, -0.05) is 18.2 Å². The molecule has 0 fully saturated rings. The molecule has 22 heavy (non-hydrogen) atoms. The van der Waals surface area contributed by atoms with Crippen molar-refractivity contribution in [1.29, 1.82) is 0 Å². The van der Waals surface area contributed by atoms with Gasteiger partial charge in [0.2, 0.25) is 5.88 Å². The van der Waals surface area contributed by atoms with Crippen molar-refractivity contribution in [2.75, 3.05) is 0 Å². The molecular formula is C16H14N2O2S2. The molecular weight excluding hydrogens is 316 g/mol. The molecule has 112 valence electrons. The largest absolute Gasteiger partial charge is 0.493 e. The normalized spacial score (nSPS) is 14.5. The number of fused-ring (bicyclic) bond motifs is 1. The van der Waals surface area contributed by atoms with Gasteiger partial charge in [0.15, 0.2) is 3.95 Å². The molecule has 6 heteroatoms. The van der Waals surface area contributed by atoms with Gasteiger partial charge in [0.05, 0.1) is 10.6 Å². The van der Waals surface area contributed by atoms with Crippen molar-refractivity contribution in [1.82, 2.24) is 4.57 Å². The summed E-state index contributed by atoms with van der Waals surface area (Å²) >= 11 is 6.66. The van der Waals surface area contributed by atoms with Gasteiger partial charge in [0, 0.05) is 30.3 Å². The van der Waals surface area contributed by atoms with Gasteiger partial charge < -0.3 is 9.90 Å². The van der Waals surface area contributed by atoms with Crippen LogP contribution >= 0.6 is 23.6 Å². The van der Waals surface area contributed by atoms with Gasteiger partial charge in [-0.2, -0.15) is 0 Å². The summed E-state index contributed by atoms with van der Waals surface area (Å²) in [6.45, 7) is 0.549. The number of benzene rings is 1. The first-order valence-corrected chi connectivity index (χ1v) is 8.14. The number of aromatic hydroxyl groups is 1. The molecule has 1 N–H and O–H groups in total. The van der Waals surface area contributed by atoms with E-state index in [-0.39, 0.29) is 5.88 Å². The average molecular weight is 330 g/mol. The maximum absolute atomic E-state index is 10.4. The van der Waals surface area contributed by atoms with Crippen LogP contribution in [-0.4, -0.2) is 22.2 Å². The van der Waals surface area contributed by atoms with Crippen LogP contribution in [0, 0.1) is 3.95 Å². The molecule has 1 aromatic carbocycles. The van der Waals surface area contributed by atoms with Crippen molar-refractivity contribution >= 4 is 53.4 Å². The minimum atomic E-state index is 0.159. The Hall–Kier alpha value is -2.05. The van der Waals surface area contributed by atoms with E-state index in [2.05, 4.69) is 4.99 Å². The van der Waals surface area contributed by atoms with Crippen molar-refractivity contribution in [3.05, 3.63) is 38.7 Å². The fourth-order valence-electron chi connectivity index (χ4n) is 2.33. The van der Waals surface area contributed by atoms with E-state index in [0.717, 1.165) is 23.1 Å². The molecule has 1 aliphatic heterocycles. The molecule has 2 aromatic rings. The highest BCUT2D eigenvalue weighted by Crippen LogP contribution is 2.35. The van der Waals surface area contributed by atoms with Crippen LogP contribution in [0.15, 0.2) is 29.3 Å².